The third-order valence-electron chi connectivity index (χ3n) is 5.21. The molecular weight excluding hydrogens is 355 g/mol. The van der Waals surface area contributed by atoms with Crippen LogP contribution in [0, 0.1) is 17.1 Å². The van der Waals surface area contributed by atoms with Gasteiger partial charge in [0.2, 0.25) is 0 Å². The van der Waals surface area contributed by atoms with Crippen molar-refractivity contribution in [2.24, 2.45) is 0 Å². The van der Waals surface area contributed by atoms with Crippen LogP contribution in [0.25, 0.3) is 11.3 Å². The lowest BCUT2D eigenvalue weighted by atomic mass is 9.84. The number of aliphatic hydroxyl groups is 1. The fraction of sp³-hybridized carbons (Fsp3) is 0.227. The van der Waals surface area contributed by atoms with Crippen LogP contribution in [-0.2, 0) is 5.60 Å². The topological polar surface area (TPSA) is 73.0 Å². The van der Waals surface area contributed by atoms with Crippen molar-refractivity contribution >= 4 is 5.82 Å². The summed E-state index contributed by atoms with van der Waals surface area (Å²) in [6, 6.07) is 15.5. The average Bonchev–Trinajstić information content (AvgIpc) is 2.75. The Morgan fingerprint density at radius 3 is 2.54 bits per heavy atom. The largest absolute Gasteiger partial charge is 0.385 e. The highest BCUT2D eigenvalue weighted by Crippen LogP contribution is 2.34. The predicted molar refractivity (Wildman–Crippen MR) is 104 cm³/mol. The maximum atomic E-state index is 13.2. The van der Waals surface area contributed by atoms with Gasteiger partial charge in [-0.05, 0) is 42.7 Å². The number of hydrogen-bond acceptors (Lipinski definition) is 5. The summed E-state index contributed by atoms with van der Waals surface area (Å²) in [6.45, 7) is 1.23. The van der Waals surface area contributed by atoms with Crippen molar-refractivity contribution in [1.29, 1.82) is 5.26 Å². The number of rotatable bonds is 3. The van der Waals surface area contributed by atoms with E-state index in [1.165, 1.54) is 12.1 Å². The average molecular weight is 374 g/mol. The van der Waals surface area contributed by atoms with Crippen LogP contribution in [-0.4, -0.2) is 28.2 Å². The summed E-state index contributed by atoms with van der Waals surface area (Å²) in [5.41, 5.74) is 1.90. The molecule has 4 rings (SSSR count). The third kappa shape index (κ3) is 3.57. The zero-order chi connectivity index (χ0) is 19.6. The third-order valence-corrected chi connectivity index (χ3v) is 5.21. The number of halogens is 1. The van der Waals surface area contributed by atoms with Crippen LogP contribution in [0.1, 0.15) is 24.0 Å². The van der Waals surface area contributed by atoms with Crippen LogP contribution in [0.5, 0.6) is 0 Å². The highest BCUT2D eigenvalue weighted by Gasteiger charge is 2.34. The molecule has 6 heteroatoms. The first kappa shape index (κ1) is 18.1. The van der Waals surface area contributed by atoms with Gasteiger partial charge in [-0.1, -0.05) is 24.3 Å². The molecule has 1 aliphatic heterocycles. The molecule has 0 bridgehead atoms. The number of benzene rings is 2. The number of hydrogen-bond donors (Lipinski definition) is 1. The van der Waals surface area contributed by atoms with E-state index in [1.54, 1.807) is 36.7 Å². The van der Waals surface area contributed by atoms with Crippen LogP contribution in [0.2, 0.25) is 0 Å². The zero-order valence-corrected chi connectivity index (χ0v) is 15.2. The molecule has 3 aromatic rings. The number of nitrogens with zero attached hydrogens (tertiary/aromatic N) is 4. The molecule has 140 valence electrons. The van der Waals surface area contributed by atoms with Gasteiger partial charge in [-0.15, -0.1) is 0 Å². The number of aromatic nitrogens is 2. The van der Waals surface area contributed by atoms with E-state index in [-0.39, 0.29) is 5.82 Å². The van der Waals surface area contributed by atoms with E-state index in [0.717, 1.165) is 16.9 Å². The summed E-state index contributed by atoms with van der Waals surface area (Å²) >= 11 is 0. The molecule has 1 aliphatic rings. The van der Waals surface area contributed by atoms with Crippen molar-refractivity contribution < 1.29 is 9.50 Å². The molecule has 1 N–H and O–H groups in total. The van der Waals surface area contributed by atoms with Gasteiger partial charge in [0.1, 0.15) is 11.6 Å². The summed E-state index contributed by atoms with van der Waals surface area (Å²) in [7, 11) is 0. The lowest BCUT2D eigenvalue weighted by Crippen LogP contribution is -2.43. The normalized spacial score (nSPS) is 15.8. The van der Waals surface area contributed by atoms with Crippen molar-refractivity contribution in [3.63, 3.8) is 0 Å². The molecule has 1 fully saturated rings. The van der Waals surface area contributed by atoms with Gasteiger partial charge in [-0.3, -0.25) is 4.98 Å². The highest BCUT2D eigenvalue weighted by molar-refractivity contribution is 5.62. The molecule has 2 aromatic carbocycles. The molecule has 5 nitrogen and oxygen atoms in total. The Hall–Kier alpha value is -3.30. The van der Waals surface area contributed by atoms with Crippen molar-refractivity contribution in [2.45, 2.75) is 18.4 Å². The molecule has 2 heterocycles. The molecule has 1 saturated heterocycles. The number of piperidine rings is 1. The standard InChI is InChI=1S/C22H19FN4O/c23-19-6-4-18(5-7-19)22(28)8-10-27(11-9-22)21-15-25-14-20(26-21)17-3-1-2-16(12-17)13-24/h1-7,12,14-15,28H,8-11H2. The molecule has 0 radical (unpaired) electrons. The van der Waals surface area contributed by atoms with Gasteiger partial charge in [0.25, 0.3) is 0 Å². The molecule has 0 atom stereocenters. The maximum Gasteiger partial charge on any atom is 0.147 e. The van der Waals surface area contributed by atoms with Crippen LogP contribution in [0.3, 0.4) is 0 Å². The van der Waals surface area contributed by atoms with Gasteiger partial charge >= 0.3 is 0 Å². The molecule has 0 spiro atoms. The Morgan fingerprint density at radius 2 is 1.82 bits per heavy atom. The van der Waals surface area contributed by atoms with E-state index in [4.69, 9.17) is 10.2 Å². The minimum atomic E-state index is -0.962. The van der Waals surface area contributed by atoms with Gasteiger partial charge in [0.15, 0.2) is 0 Å². The molecule has 28 heavy (non-hydrogen) atoms. The Kier molecular flexibility index (Phi) is 4.76. The summed E-state index contributed by atoms with van der Waals surface area (Å²) in [5, 5.41) is 20.1. The minimum Gasteiger partial charge on any atom is -0.385 e. The predicted octanol–water partition coefficient (Wildman–Crippen LogP) is 3.64. The second-order valence-corrected chi connectivity index (χ2v) is 6.98. The molecule has 0 saturated carbocycles. The SMILES string of the molecule is N#Cc1cccc(-c2cncc(N3CCC(O)(c4ccc(F)cc4)CC3)n2)c1. The molecule has 0 unspecified atom stereocenters. The Labute approximate surface area is 162 Å². The second kappa shape index (κ2) is 7.37. The van der Waals surface area contributed by atoms with Gasteiger partial charge in [-0.2, -0.15) is 5.26 Å². The van der Waals surface area contributed by atoms with E-state index in [1.807, 2.05) is 12.1 Å². The summed E-state index contributed by atoms with van der Waals surface area (Å²) in [4.78, 5) is 11.1. The van der Waals surface area contributed by atoms with Crippen molar-refractivity contribution in [2.75, 3.05) is 18.0 Å². The van der Waals surface area contributed by atoms with E-state index < -0.39 is 5.60 Å². The van der Waals surface area contributed by atoms with Crippen molar-refractivity contribution in [1.82, 2.24) is 9.97 Å². The first-order valence-corrected chi connectivity index (χ1v) is 9.13. The smallest absolute Gasteiger partial charge is 0.147 e. The van der Waals surface area contributed by atoms with Gasteiger partial charge in [-0.25, -0.2) is 9.37 Å². The lowest BCUT2D eigenvalue weighted by molar-refractivity contribution is 0.0116. The summed E-state index contributed by atoms with van der Waals surface area (Å²) < 4.78 is 13.2. The first-order valence-electron chi connectivity index (χ1n) is 9.13. The molecular formula is C22H19FN4O. The number of anilines is 1. The fourth-order valence-corrected chi connectivity index (χ4v) is 3.55. The molecule has 0 aliphatic carbocycles. The molecule has 0 amide bonds. The lowest BCUT2D eigenvalue weighted by Gasteiger charge is -2.39. The zero-order valence-electron chi connectivity index (χ0n) is 15.2. The molecule has 1 aromatic heterocycles. The van der Waals surface area contributed by atoms with Gasteiger partial charge in [0.05, 0.1) is 35.3 Å². The Balaban J connectivity index is 1.52. The first-order chi connectivity index (χ1) is 13.6. The monoisotopic (exact) mass is 374 g/mol. The van der Waals surface area contributed by atoms with Crippen LogP contribution in [0.4, 0.5) is 10.2 Å². The van der Waals surface area contributed by atoms with Gasteiger partial charge in [0, 0.05) is 18.7 Å². The van der Waals surface area contributed by atoms with E-state index in [9.17, 15) is 9.50 Å². The quantitative estimate of drug-likeness (QED) is 0.758. The van der Waals surface area contributed by atoms with E-state index in [2.05, 4.69) is 16.0 Å². The summed E-state index contributed by atoms with van der Waals surface area (Å²) in [6.07, 6.45) is 4.43. The minimum absolute atomic E-state index is 0.308. The Bertz CT molecular complexity index is 1020. The van der Waals surface area contributed by atoms with Crippen LogP contribution < -0.4 is 4.90 Å². The summed E-state index contributed by atoms with van der Waals surface area (Å²) in [5.74, 6) is 0.429. The van der Waals surface area contributed by atoms with E-state index >= 15 is 0 Å². The van der Waals surface area contributed by atoms with Crippen molar-refractivity contribution in [3.8, 4) is 17.3 Å². The maximum absolute atomic E-state index is 13.2. The highest BCUT2D eigenvalue weighted by atomic mass is 19.1. The Morgan fingerprint density at radius 1 is 1.07 bits per heavy atom. The fourth-order valence-electron chi connectivity index (χ4n) is 3.55. The number of nitriles is 1. The van der Waals surface area contributed by atoms with Crippen LogP contribution >= 0.6 is 0 Å². The second-order valence-electron chi connectivity index (χ2n) is 6.98. The van der Waals surface area contributed by atoms with Crippen molar-refractivity contribution in [3.05, 3.63) is 77.9 Å². The van der Waals surface area contributed by atoms with Gasteiger partial charge < -0.3 is 10.0 Å². The van der Waals surface area contributed by atoms with E-state index in [0.29, 0.717) is 37.2 Å². The van der Waals surface area contributed by atoms with Crippen LogP contribution in [0.15, 0.2) is 60.9 Å².